The molecule has 3 atom stereocenters. The molecule has 10 heteroatoms. The van der Waals surface area contributed by atoms with Gasteiger partial charge in [0.05, 0.1) is 23.5 Å². The predicted molar refractivity (Wildman–Crippen MR) is 131 cm³/mol. The van der Waals surface area contributed by atoms with Gasteiger partial charge < -0.3 is 14.8 Å². The number of halogens is 1. The predicted octanol–water partition coefficient (Wildman–Crippen LogP) is 3.46. The summed E-state index contributed by atoms with van der Waals surface area (Å²) in [5, 5.41) is 2.72. The number of carbonyl (C=O) groups is 2. The molecular formula is C25H33ClN2O6S. The number of carbonyl (C=O) groups excluding carboxylic acids is 2. The minimum Gasteiger partial charge on any atom is -0.452 e. The number of anilines is 1. The van der Waals surface area contributed by atoms with E-state index in [4.69, 9.17) is 21.1 Å². The fourth-order valence-corrected chi connectivity index (χ4v) is 9.21. The van der Waals surface area contributed by atoms with Gasteiger partial charge in [-0.05, 0) is 81.9 Å². The summed E-state index contributed by atoms with van der Waals surface area (Å²) in [5.41, 5.74) is 0.333. The van der Waals surface area contributed by atoms with Gasteiger partial charge in [0, 0.05) is 23.7 Å². The van der Waals surface area contributed by atoms with Crippen LogP contribution < -0.4 is 5.32 Å². The van der Waals surface area contributed by atoms with Gasteiger partial charge in [0.1, 0.15) is 0 Å². The van der Waals surface area contributed by atoms with E-state index in [0.29, 0.717) is 55.8 Å². The molecule has 1 heterocycles. The number of nitrogens with zero attached hydrogens (tertiary/aromatic N) is 1. The van der Waals surface area contributed by atoms with Crippen molar-refractivity contribution in [1.29, 1.82) is 0 Å². The van der Waals surface area contributed by atoms with Gasteiger partial charge >= 0.3 is 5.97 Å². The van der Waals surface area contributed by atoms with E-state index in [2.05, 4.69) is 5.32 Å². The first-order valence-electron chi connectivity index (χ1n) is 12.4. The quantitative estimate of drug-likeness (QED) is 0.451. The molecule has 1 amide bonds. The van der Waals surface area contributed by atoms with Crippen LogP contribution in [0.2, 0.25) is 0 Å². The first-order valence-corrected chi connectivity index (χ1v) is 14.2. The van der Waals surface area contributed by atoms with Crippen molar-refractivity contribution in [3.05, 3.63) is 23.8 Å². The molecule has 4 aliphatic carbocycles. The molecule has 1 aromatic rings. The molecule has 1 aromatic carbocycles. The molecule has 5 aliphatic rings. The number of amides is 1. The molecular weight excluding hydrogens is 492 g/mol. The van der Waals surface area contributed by atoms with Crippen molar-refractivity contribution in [3.8, 4) is 0 Å². The summed E-state index contributed by atoms with van der Waals surface area (Å²) in [6.07, 6.45) is 4.21. The SMILES string of the molecule is Cc1ccc(NC(=O)[C@H](C)OC(=O)C23C[C@H]4C[C@@H](CC(Cl)(C4)C2)C3)cc1S(=O)(=O)N1CCOCC1. The first-order chi connectivity index (χ1) is 16.5. The molecule has 35 heavy (non-hydrogen) atoms. The maximum absolute atomic E-state index is 13.3. The standard InChI is InChI=1S/C25H33ClN2O6S/c1-16-3-4-20(10-21(16)35(31,32)28-5-7-33-8-6-28)27-22(29)17(2)34-23(30)24-11-18-9-19(12-24)14-25(26,13-18)15-24/h3-4,10,17-19H,5-9,11-15H2,1-2H3,(H,27,29)/t17-,18+,19+,24?,25?/m0/s1. The highest BCUT2D eigenvalue weighted by Gasteiger charge is 2.61. The van der Waals surface area contributed by atoms with E-state index in [1.54, 1.807) is 26.0 Å². The number of hydrogen-bond acceptors (Lipinski definition) is 6. The minimum atomic E-state index is -3.72. The van der Waals surface area contributed by atoms with Crippen LogP contribution >= 0.6 is 11.6 Å². The number of alkyl halides is 1. The molecule has 192 valence electrons. The van der Waals surface area contributed by atoms with Crippen LogP contribution in [0.25, 0.3) is 0 Å². The molecule has 0 radical (unpaired) electrons. The molecule has 6 rings (SSSR count). The van der Waals surface area contributed by atoms with Crippen LogP contribution in [0, 0.1) is 24.2 Å². The van der Waals surface area contributed by atoms with Crippen molar-refractivity contribution in [1.82, 2.24) is 4.31 Å². The largest absolute Gasteiger partial charge is 0.452 e. The fraction of sp³-hybridized carbons (Fsp3) is 0.680. The summed E-state index contributed by atoms with van der Waals surface area (Å²) in [6, 6.07) is 4.77. The van der Waals surface area contributed by atoms with E-state index in [9.17, 15) is 18.0 Å². The van der Waals surface area contributed by atoms with Gasteiger partial charge in [-0.2, -0.15) is 4.31 Å². The second-order valence-electron chi connectivity index (χ2n) is 10.9. The van der Waals surface area contributed by atoms with Crippen LogP contribution in [0.15, 0.2) is 23.1 Å². The fourth-order valence-electron chi connectivity index (χ4n) is 6.85. The van der Waals surface area contributed by atoms with E-state index < -0.39 is 27.4 Å². The van der Waals surface area contributed by atoms with Gasteiger partial charge in [0.15, 0.2) is 6.10 Å². The van der Waals surface area contributed by atoms with Crippen molar-refractivity contribution < 1.29 is 27.5 Å². The average Bonchev–Trinajstić information content (AvgIpc) is 2.79. The number of nitrogens with one attached hydrogen (secondary N) is 1. The number of sulfonamides is 1. The molecule has 0 aromatic heterocycles. The lowest BCUT2D eigenvalue weighted by Gasteiger charge is -2.58. The van der Waals surface area contributed by atoms with Crippen molar-refractivity contribution in [2.75, 3.05) is 31.6 Å². The number of esters is 1. The Hall–Kier alpha value is -1.68. The summed E-state index contributed by atoms with van der Waals surface area (Å²) in [5.74, 6) is 0.0654. The Kier molecular flexibility index (Phi) is 6.43. The maximum atomic E-state index is 13.3. The van der Waals surface area contributed by atoms with Crippen LogP contribution in [0.1, 0.15) is 51.0 Å². The Labute approximate surface area is 211 Å². The molecule has 0 spiro atoms. The van der Waals surface area contributed by atoms with Gasteiger partial charge in [0.25, 0.3) is 5.91 Å². The Bertz CT molecular complexity index is 1120. The number of hydrogen-bond donors (Lipinski definition) is 1. The third kappa shape index (κ3) is 4.72. The highest BCUT2D eigenvalue weighted by atomic mass is 35.5. The maximum Gasteiger partial charge on any atom is 0.312 e. The Morgan fingerprint density at radius 2 is 1.83 bits per heavy atom. The average molecular weight is 525 g/mol. The number of morpholine rings is 1. The zero-order valence-corrected chi connectivity index (χ0v) is 21.8. The van der Waals surface area contributed by atoms with Crippen molar-refractivity contribution in [3.63, 3.8) is 0 Å². The van der Waals surface area contributed by atoms with E-state index in [1.165, 1.54) is 10.4 Å². The van der Waals surface area contributed by atoms with Gasteiger partial charge in [-0.15, -0.1) is 11.6 Å². The molecule has 8 nitrogen and oxygen atoms in total. The lowest BCUT2D eigenvalue weighted by atomic mass is 9.49. The van der Waals surface area contributed by atoms with Crippen LogP contribution in [0.3, 0.4) is 0 Å². The Morgan fingerprint density at radius 1 is 1.17 bits per heavy atom. The summed E-state index contributed by atoms with van der Waals surface area (Å²) in [6.45, 7) is 4.55. The molecule has 4 bridgehead atoms. The van der Waals surface area contributed by atoms with Gasteiger partial charge in [0.2, 0.25) is 10.0 Å². The molecule has 0 unspecified atom stereocenters. The smallest absolute Gasteiger partial charge is 0.312 e. The van der Waals surface area contributed by atoms with Gasteiger partial charge in [-0.3, -0.25) is 9.59 Å². The summed E-state index contributed by atoms with van der Waals surface area (Å²) >= 11 is 6.84. The van der Waals surface area contributed by atoms with Crippen LogP contribution in [-0.4, -0.2) is 61.9 Å². The second kappa shape index (κ2) is 9.01. The lowest BCUT2D eigenvalue weighted by molar-refractivity contribution is -0.176. The number of ether oxygens (including phenoxy) is 2. The lowest BCUT2D eigenvalue weighted by Crippen LogP contribution is -2.57. The summed E-state index contributed by atoms with van der Waals surface area (Å²) in [7, 11) is -3.72. The zero-order chi connectivity index (χ0) is 25.0. The third-order valence-corrected chi connectivity index (χ3v) is 10.6. The monoisotopic (exact) mass is 524 g/mol. The van der Waals surface area contributed by atoms with Crippen molar-refractivity contribution >= 4 is 39.2 Å². The van der Waals surface area contributed by atoms with Gasteiger partial charge in [-0.25, -0.2) is 8.42 Å². The summed E-state index contributed by atoms with van der Waals surface area (Å²) < 4.78 is 38.6. The van der Waals surface area contributed by atoms with Crippen molar-refractivity contribution in [2.45, 2.75) is 68.2 Å². The number of benzene rings is 1. The molecule has 1 N–H and O–H groups in total. The van der Waals surface area contributed by atoms with E-state index in [0.717, 1.165) is 32.1 Å². The molecule has 4 saturated carbocycles. The van der Waals surface area contributed by atoms with Gasteiger partial charge in [-0.1, -0.05) is 6.07 Å². The zero-order valence-electron chi connectivity index (χ0n) is 20.2. The summed E-state index contributed by atoms with van der Waals surface area (Å²) in [4.78, 5) is 26.0. The number of aryl methyl sites for hydroxylation is 1. The Balaban J connectivity index is 1.26. The number of rotatable bonds is 6. The first kappa shape index (κ1) is 25.0. The molecule has 1 aliphatic heterocycles. The minimum absolute atomic E-state index is 0.142. The second-order valence-corrected chi connectivity index (χ2v) is 13.6. The van der Waals surface area contributed by atoms with Crippen LogP contribution in [-0.2, 0) is 29.1 Å². The van der Waals surface area contributed by atoms with Crippen LogP contribution in [0.4, 0.5) is 5.69 Å². The van der Waals surface area contributed by atoms with E-state index in [1.807, 2.05) is 0 Å². The van der Waals surface area contributed by atoms with Crippen LogP contribution in [0.5, 0.6) is 0 Å². The highest BCUT2D eigenvalue weighted by molar-refractivity contribution is 7.89. The molecule has 5 fully saturated rings. The normalized spacial score (nSPS) is 33.3. The van der Waals surface area contributed by atoms with Crippen molar-refractivity contribution in [2.24, 2.45) is 17.3 Å². The Morgan fingerprint density at radius 3 is 2.46 bits per heavy atom. The third-order valence-electron chi connectivity index (χ3n) is 8.12. The van der Waals surface area contributed by atoms with E-state index >= 15 is 0 Å². The topological polar surface area (TPSA) is 102 Å². The molecule has 1 saturated heterocycles. The van der Waals surface area contributed by atoms with E-state index in [-0.39, 0.29) is 15.7 Å². The highest BCUT2D eigenvalue weighted by Crippen LogP contribution is 2.64.